The Balaban J connectivity index is 1.41. The van der Waals surface area contributed by atoms with Crippen molar-refractivity contribution in [2.45, 2.75) is 34.8 Å². The van der Waals surface area contributed by atoms with E-state index >= 15 is 0 Å². The summed E-state index contributed by atoms with van der Waals surface area (Å²) in [6.07, 6.45) is 0.160. The van der Waals surface area contributed by atoms with Crippen LogP contribution in [0.2, 0.25) is 0 Å². The van der Waals surface area contributed by atoms with Crippen LogP contribution in [0.15, 0.2) is 46.2 Å². The molecule has 0 saturated heterocycles. The summed E-state index contributed by atoms with van der Waals surface area (Å²) in [7, 11) is -3.70. The van der Waals surface area contributed by atoms with Crippen LogP contribution >= 0.6 is 11.8 Å². The van der Waals surface area contributed by atoms with Gasteiger partial charge in [0.2, 0.25) is 11.8 Å². The summed E-state index contributed by atoms with van der Waals surface area (Å²) < 4.78 is 36.4. The number of ether oxygens (including phenoxy) is 2. The average Bonchev–Trinajstić information content (AvgIpc) is 2.87. The van der Waals surface area contributed by atoms with Crippen LogP contribution in [0.3, 0.4) is 0 Å². The van der Waals surface area contributed by atoms with Crippen LogP contribution in [0.5, 0.6) is 11.5 Å². The number of rotatable bonds is 5. The minimum absolute atomic E-state index is 0.0776. The van der Waals surface area contributed by atoms with E-state index < -0.39 is 15.7 Å². The minimum Gasteiger partial charge on any atom is -0.486 e. The molecule has 2 aromatic carbocycles. The Morgan fingerprint density at radius 1 is 1.16 bits per heavy atom. The number of hydrogen-bond acceptors (Lipinski definition) is 7. The number of hydrogen-bond donors (Lipinski definition) is 2. The maximum Gasteiger partial charge on any atom is 0.225 e. The quantitative estimate of drug-likeness (QED) is 0.702. The van der Waals surface area contributed by atoms with Gasteiger partial charge in [0.25, 0.3) is 0 Å². The molecule has 0 aromatic heterocycles. The number of carbonyl (C=O) groups excluding carboxylic acids is 2. The van der Waals surface area contributed by atoms with E-state index in [1.54, 1.807) is 24.3 Å². The van der Waals surface area contributed by atoms with Gasteiger partial charge in [-0.05, 0) is 30.3 Å². The number of benzene rings is 2. The van der Waals surface area contributed by atoms with Crippen LogP contribution in [0, 0.1) is 0 Å². The molecule has 0 saturated carbocycles. The summed E-state index contributed by atoms with van der Waals surface area (Å²) in [4.78, 5) is 25.2. The van der Waals surface area contributed by atoms with Gasteiger partial charge in [-0.3, -0.25) is 9.59 Å². The molecule has 31 heavy (non-hydrogen) atoms. The fourth-order valence-corrected chi connectivity index (χ4v) is 5.63. The summed E-state index contributed by atoms with van der Waals surface area (Å²) in [6, 6.07) is 9.70. The second-order valence-corrected chi connectivity index (χ2v) is 10.9. The Morgan fingerprint density at radius 2 is 1.94 bits per heavy atom. The lowest BCUT2D eigenvalue weighted by molar-refractivity contribution is -0.116. The van der Waals surface area contributed by atoms with Gasteiger partial charge in [-0.2, -0.15) is 0 Å². The predicted molar refractivity (Wildman–Crippen MR) is 118 cm³/mol. The van der Waals surface area contributed by atoms with Crippen molar-refractivity contribution < 1.29 is 27.5 Å². The standard InChI is InChI=1S/C21H22N2O6S2/c1-13-10-21(25)23-16-12-15(3-5-19(16)30-13)31(26,27)9-6-20(24)22-14-2-4-17-18(11-14)29-8-7-28-17/h2-5,11-13H,6-10H2,1H3,(H,22,24)(H,23,25)/t13-/m0/s1. The highest BCUT2D eigenvalue weighted by Gasteiger charge is 2.23. The number of amides is 2. The highest BCUT2D eigenvalue weighted by Crippen LogP contribution is 2.36. The monoisotopic (exact) mass is 462 g/mol. The molecule has 4 rings (SSSR count). The zero-order chi connectivity index (χ0) is 22.0. The Bertz CT molecular complexity index is 1130. The third-order valence-electron chi connectivity index (χ3n) is 4.81. The molecule has 2 aliphatic heterocycles. The molecule has 2 aliphatic rings. The van der Waals surface area contributed by atoms with Crippen molar-refractivity contribution in [1.29, 1.82) is 0 Å². The van der Waals surface area contributed by atoms with Crippen LogP contribution in [0.1, 0.15) is 19.8 Å². The van der Waals surface area contributed by atoms with Gasteiger partial charge in [0.15, 0.2) is 21.3 Å². The molecule has 2 N–H and O–H groups in total. The zero-order valence-electron chi connectivity index (χ0n) is 16.8. The lowest BCUT2D eigenvalue weighted by Gasteiger charge is -2.19. The molecule has 2 heterocycles. The van der Waals surface area contributed by atoms with Crippen molar-refractivity contribution in [2.24, 2.45) is 0 Å². The number of sulfone groups is 1. The van der Waals surface area contributed by atoms with Crippen LogP contribution in [-0.2, 0) is 19.4 Å². The van der Waals surface area contributed by atoms with Gasteiger partial charge < -0.3 is 20.1 Å². The minimum atomic E-state index is -3.70. The van der Waals surface area contributed by atoms with Gasteiger partial charge in [0, 0.05) is 34.7 Å². The Morgan fingerprint density at radius 3 is 2.74 bits per heavy atom. The van der Waals surface area contributed by atoms with Crippen molar-refractivity contribution in [3.63, 3.8) is 0 Å². The summed E-state index contributed by atoms with van der Waals surface area (Å²) in [5.41, 5.74) is 0.992. The van der Waals surface area contributed by atoms with Gasteiger partial charge in [-0.25, -0.2) is 8.42 Å². The van der Waals surface area contributed by atoms with Crippen LogP contribution < -0.4 is 20.1 Å². The fraction of sp³-hybridized carbons (Fsp3) is 0.333. The maximum absolute atomic E-state index is 12.8. The summed E-state index contributed by atoms with van der Waals surface area (Å²) in [5, 5.41) is 5.55. The molecule has 0 spiro atoms. The SMILES string of the molecule is C[C@H]1CC(=O)Nc2cc(S(=O)(=O)CCC(=O)Nc3ccc4c(c3)OCCO4)ccc2S1. The molecule has 10 heteroatoms. The predicted octanol–water partition coefficient (Wildman–Crippen LogP) is 3.08. The number of carbonyl (C=O) groups is 2. The molecule has 0 unspecified atom stereocenters. The van der Waals surface area contributed by atoms with Crippen molar-refractivity contribution in [3.05, 3.63) is 36.4 Å². The zero-order valence-corrected chi connectivity index (χ0v) is 18.5. The van der Waals surface area contributed by atoms with E-state index in [1.807, 2.05) is 6.92 Å². The van der Waals surface area contributed by atoms with Crippen molar-refractivity contribution in [3.8, 4) is 11.5 Å². The fourth-order valence-electron chi connectivity index (χ4n) is 3.31. The Hall–Kier alpha value is -2.72. The van der Waals surface area contributed by atoms with Crippen molar-refractivity contribution >= 4 is 44.8 Å². The summed E-state index contributed by atoms with van der Waals surface area (Å²) >= 11 is 1.52. The van der Waals surface area contributed by atoms with E-state index in [4.69, 9.17) is 9.47 Å². The first kappa shape index (κ1) is 21.5. The van der Waals surface area contributed by atoms with E-state index in [1.165, 1.54) is 23.9 Å². The van der Waals surface area contributed by atoms with Gasteiger partial charge in [-0.1, -0.05) is 6.92 Å². The molecule has 164 valence electrons. The first-order chi connectivity index (χ1) is 14.8. The molecular weight excluding hydrogens is 440 g/mol. The van der Waals surface area contributed by atoms with E-state index in [0.29, 0.717) is 42.5 Å². The van der Waals surface area contributed by atoms with E-state index in [2.05, 4.69) is 10.6 Å². The van der Waals surface area contributed by atoms with Gasteiger partial charge >= 0.3 is 0 Å². The van der Waals surface area contributed by atoms with Crippen molar-refractivity contribution in [1.82, 2.24) is 0 Å². The Kier molecular flexibility index (Phi) is 6.10. The first-order valence-electron chi connectivity index (χ1n) is 9.83. The normalized spacial score (nSPS) is 17.8. The van der Waals surface area contributed by atoms with Crippen LogP contribution in [0.4, 0.5) is 11.4 Å². The molecule has 8 nitrogen and oxygen atoms in total. The number of nitrogens with one attached hydrogen (secondary N) is 2. The highest BCUT2D eigenvalue weighted by atomic mass is 32.2. The topological polar surface area (TPSA) is 111 Å². The van der Waals surface area contributed by atoms with Crippen molar-refractivity contribution in [2.75, 3.05) is 29.6 Å². The number of fused-ring (bicyclic) bond motifs is 2. The average molecular weight is 463 g/mol. The number of thioether (sulfide) groups is 1. The van der Waals surface area contributed by atoms with Gasteiger partial charge in [-0.15, -0.1) is 11.8 Å². The second-order valence-electron chi connectivity index (χ2n) is 7.31. The largest absolute Gasteiger partial charge is 0.486 e. The van der Waals surface area contributed by atoms with E-state index in [0.717, 1.165) is 4.90 Å². The smallest absolute Gasteiger partial charge is 0.225 e. The molecule has 0 radical (unpaired) electrons. The lowest BCUT2D eigenvalue weighted by atomic mass is 10.2. The first-order valence-corrected chi connectivity index (χ1v) is 12.4. The molecule has 0 fully saturated rings. The lowest BCUT2D eigenvalue weighted by Crippen LogP contribution is -2.19. The van der Waals surface area contributed by atoms with E-state index in [-0.39, 0.29) is 28.2 Å². The molecule has 0 bridgehead atoms. The van der Waals surface area contributed by atoms with Gasteiger partial charge in [0.1, 0.15) is 13.2 Å². The second kappa shape index (κ2) is 8.80. The van der Waals surface area contributed by atoms with Crippen LogP contribution in [-0.4, -0.2) is 44.4 Å². The number of anilines is 2. The Labute approximate surface area is 184 Å². The molecular formula is C21H22N2O6S2. The molecule has 2 aromatic rings. The van der Waals surface area contributed by atoms with E-state index in [9.17, 15) is 18.0 Å². The van der Waals surface area contributed by atoms with Gasteiger partial charge in [0.05, 0.1) is 16.3 Å². The molecule has 2 amide bonds. The van der Waals surface area contributed by atoms with Crippen LogP contribution in [0.25, 0.3) is 0 Å². The summed E-state index contributed by atoms with van der Waals surface area (Å²) in [5.74, 6) is 0.227. The molecule has 1 atom stereocenters. The maximum atomic E-state index is 12.8. The molecule has 0 aliphatic carbocycles. The summed E-state index contributed by atoms with van der Waals surface area (Å²) in [6.45, 7) is 2.85. The highest BCUT2D eigenvalue weighted by molar-refractivity contribution is 8.00. The third-order valence-corrected chi connectivity index (χ3v) is 7.70. The third kappa shape index (κ3) is 5.13.